The Morgan fingerprint density at radius 1 is 1.14 bits per heavy atom. The van der Waals surface area contributed by atoms with Gasteiger partial charge in [0.15, 0.2) is 15.1 Å². The van der Waals surface area contributed by atoms with Crippen molar-refractivity contribution in [1.29, 1.82) is 0 Å². The molecule has 6 nitrogen and oxygen atoms in total. The first kappa shape index (κ1) is 17.2. The standard InChI is InChI=1S/C14H18O6S/c1-3-9-6-5-7-11(10(9)4-2)21(19,20)12(14(17)18)8-13(15)16/h5-7,12H,3-4,8H2,1-2H3,(H,15,16)(H,17,18). The van der Waals surface area contributed by atoms with Gasteiger partial charge >= 0.3 is 11.9 Å². The van der Waals surface area contributed by atoms with E-state index in [1.54, 1.807) is 19.1 Å². The zero-order chi connectivity index (χ0) is 16.2. The molecule has 1 aromatic rings. The predicted octanol–water partition coefficient (Wildman–Crippen LogP) is 1.51. The lowest BCUT2D eigenvalue weighted by Gasteiger charge is -2.16. The van der Waals surface area contributed by atoms with Crippen molar-refractivity contribution in [3.8, 4) is 0 Å². The highest BCUT2D eigenvalue weighted by Gasteiger charge is 2.37. The molecule has 7 heteroatoms. The molecule has 0 aliphatic carbocycles. The molecule has 0 saturated carbocycles. The van der Waals surface area contributed by atoms with Crippen LogP contribution in [0.4, 0.5) is 0 Å². The second-order valence-corrected chi connectivity index (χ2v) is 6.67. The van der Waals surface area contributed by atoms with E-state index in [4.69, 9.17) is 10.2 Å². The normalized spacial score (nSPS) is 12.9. The van der Waals surface area contributed by atoms with E-state index in [1.807, 2.05) is 6.92 Å². The molecular formula is C14H18O6S. The molecular weight excluding hydrogens is 296 g/mol. The van der Waals surface area contributed by atoms with Crippen LogP contribution in [0.1, 0.15) is 31.4 Å². The largest absolute Gasteiger partial charge is 0.481 e. The predicted molar refractivity (Wildman–Crippen MR) is 76.1 cm³/mol. The maximum absolute atomic E-state index is 12.5. The van der Waals surface area contributed by atoms with E-state index < -0.39 is 33.4 Å². The molecule has 116 valence electrons. The van der Waals surface area contributed by atoms with Gasteiger partial charge in [0, 0.05) is 0 Å². The topological polar surface area (TPSA) is 109 Å². The van der Waals surface area contributed by atoms with Gasteiger partial charge in [-0.15, -0.1) is 0 Å². The van der Waals surface area contributed by atoms with E-state index in [0.717, 1.165) is 5.56 Å². The van der Waals surface area contributed by atoms with E-state index >= 15 is 0 Å². The number of carboxylic acids is 2. The van der Waals surface area contributed by atoms with E-state index in [2.05, 4.69) is 0 Å². The zero-order valence-corrected chi connectivity index (χ0v) is 12.7. The summed E-state index contributed by atoms with van der Waals surface area (Å²) in [5, 5.41) is 15.8. The van der Waals surface area contributed by atoms with Gasteiger partial charge in [-0.05, 0) is 30.0 Å². The molecule has 2 N–H and O–H groups in total. The van der Waals surface area contributed by atoms with Crippen LogP contribution in [0.25, 0.3) is 0 Å². The Bertz CT molecular complexity index is 647. The second kappa shape index (κ2) is 6.71. The number of hydrogen-bond donors (Lipinski definition) is 2. The number of rotatable bonds is 7. The van der Waals surface area contributed by atoms with Gasteiger partial charge in [0.25, 0.3) is 0 Å². The van der Waals surface area contributed by atoms with Crippen molar-refractivity contribution in [2.24, 2.45) is 0 Å². The van der Waals surface area contributed by atoms with Crippen LogP contribution in [-0.2, 0) is 32.3 Å². The fourth-order valence-corrected chi connectivity index (χ4v) is 4.07. The lowest BCUT2D eigenvalue weighted by Crippen LogP contribution is -2.33. The average molecular weight is 314 g/mol. The molecule has 0 saturated heterocycles. The van der Waals surface area contributed by atoms with Crippen LogP contribution >= 0.6 is 0 Å². The first-order chi connectivity index (χ1) is 9.75. The Hall–Kier alpha value is -1.89. The minimum absolute atomic E-state index is 0.0852. The number of carbonyl (C=O) groups is 2. The van der Waals surface area contributed by atoms with Crippen molar-refractivity contribution >= 4 is 21.8 Å². The first-order valence-corrected chi connectivity index (χ1v) is 8.09. The van der Waals surface area contributed by atoms with E-state index in [-0.39, 0.29) is 4.90 Å². The highest BCUT2D eigenvalue weighted by molar-refractivity contribution is 7.92. The second-order valence-electron chi connectivity index (χ2n) is 4.57. The smallest absolute Gasteiger partial charge is 0.322 e. The highest BCUT2D eigenvalue weighted by Crippen LogP contribution is 2.26. The number of sulfone groups is 1. The fraction of sp³-hybridized carbons (Fsp3) is 0.429. The van der Waals surface area contributed by atoms with Gasteiger partial charge in [-0.1, -0.05) is 26.0 Å². The van der Waals surface area contributed by atoms with Gasteiger partial charge in [-0.25, -0.2) is 8.42 Å². The summed E-state index contributed by atoms with van der Waals surface area (Å²) in [6.07, 6.45) is 0.0817. The van der Waals surface area contributed by atoms with E-state index in [9.17, 15) is 18.0 Å². The Kier molecular flexibility index (Phi) is 5.48. The van der Waals surface area contributed by atoms with Gasteiger partial charge in [-0.3, -0.25) is 9.59 Å². The monoisotopic (exact) mass is 314 g/mol. The van der Waals surface area contributed by atoms with Crippen molar-refractivity contribution < 1.29 is 28.2 Å². The molecule has 0 heterocycles. The Labute approximate surface area is 123 Å². The minimum atomic E-state index is -4.25. The molecule has 0 radical (unpaired) electrons. The van der Waals surface area contributed by atoms with Gasteiger partial charge in [-0.2, -0.15) is 0 Å². The number of hydrogen-bond acceptors (Lipinski definition) is 4. The molecule has 0 spiro atoms. The van der Waals surface area contributed by atoms with E-state index in [0.29, 0.717) is 18.4 Å². The van der Waals surface area contributed by atoms with Gasteiger partial charge in [0.05, 0.1) is 11.3 Å². The maximum atomic E-state index is 12.5. The molecule has 0 aliphatic rings. The molecule has 1 unspecified atom stereocenters. The van der Waals surface area contributed by atoms with Crippen LogP contribution in [0.15, 0.2) is 23.1 Å². The van der Waals surface area contributed by atoms with Crippen molar-refractivity contribution in [3.05, 3.63) is 29.3 Å². The fourth-order valence-electron chi connectivity index (χ4n) is 2.25. The summed E-state index contributed by atoms with van der Waals surface area (Å²) in [5.74, 6) is -3.11. The third-order valence-corrected chi connectivity index (χ3v) is 5.39. The van der Waals surface area contributed by atoms with Crippen LogP contribution in [0.5, 0.6) is 0 Å². The number of carboxylic acid groups (broad SMARTS) is 2. The SMILES string of the molecule is CCc1cccc(S(=O)(=O)C(CC(=O)O)C(=O)O)c1CC. The van der Waals surface area contributed by atoms with E-state index in [1.165, 1.54) is 6.07 Å². The third-order valence-electron chi connectivity index (χ3n) is 3.28. The Morgan fingerprint density at radius 3 is 2.19 bits per heavy atom. The number of aliphatic carboxylic acids is 2. The van der Waals surface area contributed by atoms with Crippen LogP contribution in [0.2, 0.25) is 0 Å². The first-order valence-electron chi connectivity index (χ1n) is 6.54. The summed E-state index contributed by atoms with van der Waals surface area (Å²) >= 11 is 0. The molecule has 0 amide bonds. The van der Waals surface area contributed by atoms with Crippen LogP contribution < -0.4 is 0 Å². The van der Waals surface area contributed by atoms with Crippen LogP contribution in [0.3, 0.4) is 0 Å². The van der Waals surface area contributed by atoms with Gasteiger partial charge in [0.2, 0.25) is 0 Å². The molecule has 1 rings (SSSR count). The molecule has 21 heavy (non-hydrogen) atoms. The summed E-state index contributed by atoms with van der Waals surface area (Å²) in [4.78, 5) is 21.8. The lowest BCUT2D eigenvalue weighted by molar-refractivity contribution is -0.143. The number of benzene rings is 1. The Morgan fingerprint density at radius 2 is 1.76 bits per heavy atom. The summed E-state index contributed by atoms with van der Waals surface area (Å²) in [5.41, 5.74) is 1.37. The summed E-state index contributed by atoms with van der Waals surface area (Å²) in [7, 11) is -4.25. The average Bonchev–Trinajstić information content (AvgIpc) is 2.42. The molecule has 0 aromatic heterocycles. The Balaban J connectivity index is 3.48. The zero-order valence-electron chi connectivity index (χ0n) is 11.9. The third kappa shape index (κ3) is 3.60. The quantitative estimate of drug-likeness (QED) is 0.789. The number of aryl methyl sites for hydroxylation is 1. The maximum Gasteiger partial charge on any atom is 0.322 e. The van der Waals surface area contributed by atoms with Crippen molar-refractivity contribution in [3.63, 3.8) is 0 Å². The molecule has 0 fully saturated rings. The molecule has 0 aliphatic heterocycles. The van der Waals surface area contributed by atoms with Gasteiger partial charge in [0.1, 0.15) is 0 Å². The lowest BCUT2D eigenvalue weighted by atomic mass is 10.0. The summed E-state index contributed by atoms with van der Waals surface area (Å²) in [6.45, 7) is 3.65. The summed E-state index contributed by atoms with van der Waals surface area (Å²) < 4.78 is 25.0. The van der Waals surface area contributed by atoms with Gasteiger partial charge < -0.3 is 10.2 Å². The van der Waals surface area contributed by atoms with Crippen molar-refractivity contribution in [2.45, 2.75) is 43.3 Å². The molecule has 1 atom stereocenters. The van der Waals surface area contributed by atoms with Crippen LogP contribution in [0, 0.1) is 0 Å². The summed E-state index contributed by atoms with van der Waals surface area (Å²) in [6, 6.07) is 4.67. The molecule has 1 aromatic carbocycles. The molecule has 0 bridgehead atoms. The van der Waals surface area contributed by atoms with Crippen molar-refractivity contribution in [2.75, 3.05) is 0 Å². The minimum Gasteiger partial charge on any atom is -0.481 e. The highest BCUT2D eigenvalue weighted by atomic mass is 32.2. The van der Waals surface area contributed by atoms with Crippen LogP contribution in [-0.4, -0.2) is 35.8 Å². The van der Waals surface area contributed by atoms with Crippen molar-refractivity contribution in [1.82, 2.24) is 0 Å².